The molecule has 33 heavy (non-hydrogen) atoms. The van der Waals surface area contributed by atoms with Crippen molar-refractivity contribution in [2.75, 3.05) is 26.0 Å². The van der Waals surface area contributed by atoms with E-state index < -0.39 is 18.5 Å². The summed E-state index contributed by atoms with van der Waals surface area (Å²) in [7, 11) is 3.32. The zero-order valence-corrected chi connectivity index (χ0v) is 18.1. The maximum atomic E-state index is 12.6. The number of anilines is 1. The summed E-state index contributed by atoms with van der Waals surface area (Å²) in [5.41, 5.74) is 3.17. The highest BCUT2D eigenvalue weighted by atomic mass is 16.5. The van der Waals surface area contributed by atoms with Gasteiger partial charge in [-0.15, -0.1) is 0 Å². The second kappa shape index (κ2) is 9.31. The molecular formula is C24H21N5O4. The Morgan fingerprint density at radius 1 is 1.00 bits per heavy atom. The van der Waals surface area contributed by atoms with Gasteiger partial charge in [0.2, 0.25) is 0 Å². The topological polar surface area (TPSA) is 106 Å². The van der Waals surface area contributed by atoms with Crippen molar-refractivity contribution in [2.45, 2.75) is 0 Å². The number of carbonyl (C=O) groups excluding carboxylic acids is 3. The molecule has 0 radical (unpaired) electrons. The van der Waals surface area contributed by atoms with Gasteiger partial charge in [0.1, 0.15) is 5.56 Å². The Morgan fingerprint density at radius 2 is 1.73 bits per heavy atom. The first-order chi connectivity index (χ1) is 15.9. The van der Waals surface area contributed by atoms with Gasteiger partial charge in [-0.1, -0.05) is 30.3 Å². The molecule has 0 unspecified atom stereocenters. The number of rotatable bonds is 6. The molecule has 0 bridgehead atoms. The van der Waals surface area contributed by atoms with E-state index in [1.807, 2.05) is 30.3 Å². The molecule has 0 atom stereocenters. The van der Waals surface area contributed by atoms with Gasteiger partial charge in [0, 0.05) is 37.1 Å². The Bertz CT molecular complexity index is 1310. The molecule has 9 nitrogen and oxygen atoms in total. The van der Waals surface area contributed by atoms with Crippen molar-refractivity contribution in [1.82, 2.24) is 19.5 Å². The van der Waals surface area contributed by atoms with Crippen molar-refractivity contribution in [1.29, 1.82) is 0 Å². The van der Waals surface area contributed by atoms with E-state index in [0.717, 1.165) is 11.3 Å². The van der Waals surface area contributed by atoms with E-state index in [0.29, 0.717) is 16.9 Å². The largest absolute Gasteiger partial charge is 0.452 e. The Balaban J connectivity index is 1.41. The van der Waals surface area contributed by atoms with E-state index in [4.69, 9.17) is 4.74 Å². The van der Waals surface area contributed by atoms with Crippen LogP contribution >= 0.6 is 0 Å². The number of hydrogen-bond acceptors (Lipinski definition) is 6. The molecule has 0 aliphatic heterocycles. The van der Waals surface area contributed by atoms with Gasteiger partial charge in [-0.05, 0) is 30.3 Å². The Morgan fingerprint density at radius 3 is 2.42 bits per heavy atom. The molecular weight excluding hydrogens is 422 g/mol. The van der Waals surface area contributed by atoms with Crippen molar-refractivity contribution in [2.24, 2.45) is 0 Å². The number of fused-ring (bicyclic) bond motifs is 1. The van der Waals surface area contributed by atoms with Crippen molar-refractivity contribution in [3.63, 3.8) is 0 Å². The third-order valence-corrected chi connectivity index (χ3v) is 4.85. The van der Waals surface area contributed by atoms with Crippen LogP contribution in [-0.4, -0.2) is 58.0 Å². The highest BCUT2D eigenvalue weighted by molar-refractivity contribution is 5.99. The SMILES string of the molecule is CN(C)C(=O)c1ccc(NC(=O)COC(=O)c2cnn3c(-c4ccccc4)ccnc23)cc1. The molecule has 0 fully saturated rings. The molecule has 2 heterocycles. The summed E-state index contributed by atoms with van der Waals surface area (Å²) in [6.45, 7) is -0.479. The Kier molecular flexibility index (Phi) is 6.12. The van der Waals surface area contributed by atoms with Gasteiger partial charge in [0.05, 0.1) is 11.9 Å². The van der Waals surface area contributed by atoms with E-state index in [9.17, 15) is 14.4 Å². The standard InChI is InChI=1S/C24H21N5O4/c1-28(2)23(31)17-8-10-18(11-9-17)27-21(30)15-33-24(32)19-14-26-29-20(12-13-25-22(19)29)16-6-4-3-5-7-16/h3-14H,15H2,1-2H3,(H,27,30). The minimum Gasteiger partial charge on any atom is -0.452 e. The fourth-order valence-electron chi connectivity index (χ4n) is 3.22. The van der Waals surface area contributed by atoms with Gasteiger partial charge >= 0.3 is 5.97 Å². The van der Waals surface area contributed by atoms with Crippen LogP contribution in [0.15, 0.2) is 73.1 Å². The number of benzene rings is 2. The van der Waals surface area contributed by atoms with Crippen molar-refractivity contribution < 1.29 is 19.1 Å². The number of aromatic nitrogens is 3. The van der Waals surface area contributed by atoms with Crippen LogP contribution in [0.1, 0.15) is 20.7 Å². The lowest BCUT2D eigenvalue weighted by molar-refractivity contribution is -0.119. The highest BCUT2D eigenvalue weighted by Crippen LogP contribution is 2.21. The second-order valence-corrected chi connectivity index (χ2v) is 7.39. The number of carbonyl (C=O) groups is 3. The minimum absolute atomic E-state index is 0.140. The van der Waals surface area contributed by atoms with Crippen LogP contribution in [0.25, 0.3) is 16.9 Å². The van der Waals surface area contributed by atoms with Gasteiger partial charge in [-0.3, -0.25) is 9.59 Å². The van der Waals surface area contributed by atoms with Gasteiger partial charge < -0.3 is 15.0 Å². The van der Waals surface area contributed by atoms with Gasteiger partial charge in [0.15, 0.2) is 12.3 Å². The van der Waals surface area contributed by atoms with Crippen LogP contribution < -0.4 is 5.32 Å². The lowest BCUT2D eigenvalue weighted by atomic mass is 10.1. The average Bonchev–Trinajstić information content (AvgIpc) is 3.27. The minimum atomic E-state index is -0.704. The maximum Gasteiger partial charge on any atom is 0.344 e. The van der Waals surface area contributed by atoms with Crippen LogP contribution in [0.4, 0.5) is 5.69 Å². The fraction of sp³-hybridized carbons (Fsp3) is 0.125. The number of ether oxygens (including phenoxy) is 1. The molecule has 0 aliphatic carbocycles. The lowest BCUT2D eigenvalue weighted by Crippen LogP contribution is -2.22. The van der Waals surface area contributed by atoms with Crippen molar-refractivity contribution in [3.8, 4) is 11.3 Å². The van der Waals surface area contributed by atoms with E-state index in [1.165, 1.54) is 11.1 Å². The summed E-state index contributed by atoms with van der Waals surface area (Å²) < 4.78 is 6.72. The summed E-state index contributed by atoms with van der Waals surface area (Å²) in [5, 5.41) is 6.90. The van der Waals surface area contributed by atoms with Gasteiger partial charge in [-0.2, -0.15) is 5.10 Å². The quantitative estimate of drug-likeness (QED) is 0.460. The monoisotopic (exact) mass is 443 g/mol. The molecule has 166 valence electrons. The van der Waals surface area contributed by atoms with E-state index in [-0.39, 0.29) is 11.5 Å². The average molecular weight is 443 g/mol. The summed E-state index contributed by atoms with van der Waals surface area (Å²) in [6, 6.07) is 17.8. The molecule has 2 amide bonds. The van der Waals surface area contributed by atoms with E-state index in [1.54, 1.807) is 55.1 Å². The number of nitrogens with zero attached hydrogens (tertiary/aromatic N) is 4. The molecule has 0 spiro atoms. The third kappa shape index (κ3) is 4.72. The molecule has 2 aromatic heterocycles. The molecule has 4 rings (SSSR count). The first kappa shape index (κ1) is 21.7. The number of esters is 1. The summed E-state index contributed by atoms with van der Waals surface area (Å²) in [6.07, 6.45) is 2.96. The van der Waals surface area contributed by atoms with E-state index in [2.05, 4.69) is 15.4 Å². The zero-order valence-electron chi connectivity index (χ0n) is 18.1. The summed E-state index contributed by atoms with van der Waals surface area (Å²) >= 11 is 0. The van der Waals surface area contributed by atoms with Gasteiger partial charge in [-0.25, -0.2) is 14.3 Å². The Hall–Kier alpha value is -4.53. The van der Waals surface area contributed by atoms with Crippen LogP contribution in [-0.2, 0) is 9.53 Å². The predicted octanol–water partition coefficient (Wildman–Crippen LogP) is 2.89. The molecule has 0 saturated heterocycles. The van der Waals surface area contributed by atoms with Gasteiger partial charge in [0.25, 0.3) is 11.8 Å². The second-order valence-electron chi connectivity index (χ2n) is 7.39. The molecule has 9 heteroatoms. The first-order valence-corrected chi connectivity index (χ1v) is 10.1. The molecule has 4 aromatic rings. The maximum absolute atomic E-state index is 12.6. The number of hydrogen-bond donors (Lipinski definition) is 1. The number of nitrogens with one attached hydrogen (secondary N) is 1. The zero-order chi connectivity index (χ0) is 23.4. The molecule has 1 N–H and O–H groups in total. The van der Waals surface area contributed by atoms with Crippen LogP contribution in [0.5, 0.6) is 0 Å². The molecule has 0 aliphatic rings. The van der Waals surface area contributed by atoms with Crippen molar-refractivity contribution in [3.05, 3.63) is 84.2 Å². The normalized spacial score (nSPS) is 10.6. The lowest BCUT2D eigenvalue weighted by Gasteiger charge is -2.11. The van der Waals surface area contributed by atoms with Crippen LogP contribution in [0.3, 0.4) is 0 Å². The summed E-state index contributed by atoms with van der Waals surface area (Å²) in [5.74, 6) is -1.35. The van der Waals surface area contributed by atoms with Crippen molar-refractivity contribution >= 4 is 29.1 Å². The Labute approximate surface area is 189 Å². The third-order valence-electron chi connectivity index (χ3n) is 4.85. The summed E-state index contributed by atoms with van der Waals surface area (Å²) in [4.78, 5) is 42.4. The smallest absolute Gasteiger partial charge is 0.344 e. The van der Waals surface area contributed by atoms with Crippen LogP contribution in [0, 0.1) is 0 Å². The predicted molar refractivity (Wildman–Crippen MR) is 122 cm³/mol. The van der Waals surface area contributed by atoms with E-state index >= 15 is 0 Å². The highest BCUT2D eigenvalue weighted by Gasteiger charge is 2.18. The molecule has 0 saturated carbocycles. The fourth-order valence-corrected chi connectivity index (χ4v) is 3.22. The first-order valence-electron chi connectivity index (χ1n) is 10.1. The molecule has 2 aromatic carbocycles. The van der Waals surface area contributed by atoms with Crippen LogP contribution in [0.2, 0.25) is 0 Å². The number of amides is 2.